The number of hydrogen-bond donors (Lipinski definition) is 1. The molecule has 2 aliphatic rings. The van der Waals surface area contributed by atoms with Crippen LogP contribution in [-0.2, 0) is 26.0 Å². The predicted octanol–water partition coefficient (Wildman–Crippen LogP) is 2.17. The smallest absolute Gasteiger partial charge is 0.193 e. The van der Waals surface area contributed by atoms with Crippen molar-refractivity contribution >= 4 is 16.8 Å². The van der Waals surface area contributed by atoms with Gasteiger partial charge in [0.1, 0.15) is 0 Å². The Morgan fingerprint density at radius 2 is 2.07 bits per heavy atom. The number of aliphatic imine (C=N–C) groups is 1. The molecule has 0 saturated carbocycles. The first-order valence-electron chi connectivity index (χ1n) is 10.3. The molecule has 0 aliphatic carbocycles. The SMILES string of the molecule is CN=C(NCCS(=O)Cc1ccccc1)N1CCC(OCC2CCCO2)CC1. The van der Waals surface area contributed by atoms with Crippen molar-refractivity contribution in [2.24, 2.45) is 4.99 Å². The van der Waals surface area contributed by atoms with Gasteiger partial charge >= 0.3 is 0 Å². The van der Waals surface area contributed by atoms with Crippen LogP contribution < -0.4 is 5.32 Å². The van der Waals surface area contributed by atoms with Crippen LogP contribution in [0, 0.1) is 0 Å². The zero-order chi connectivity index (χ0) is 19.6. The Labute approximate surface area is 171 Å². The minimum absolute atomic E-state index is 0.296. The van der Waals surface area contributed by atoms with E-state index < -0.39 is 10.8 Å². The highest BCUT2D eigenvalue weighted by Crippen LogP contribution is 2.17. The van der Waals surface area contributed by atoms with Crippen molar-refractivity contribution in [1.82, 2.24) is 10.2 Å². The number of guanidine groups is 1. The lowest BCUT2D eigenvalue weighted by atomic mass is 10.1. The highest BCUT2D eigenvalue weighted by atomic mass is 32.2. The maximum Gasteiger partial charge on any atom is 0.193 e. The van der Waals surface area contributed by atoms with Gasteiger partial charge in [0.05, 0.1) is 18.8 Å². The first kappa shape index (κ1) is 21.3. The lowest BCUT2D eigenvalue weighted by molar-refractivity contribution is -0.0367. The number of ether oxygens (including phenoxy) is 2. The van der Waals surface area contributed by atoms with Crippen LogP contribution in [0.15, 0.2) is 35.3 Å². The highest BCUT2D eigenvalue weighted by molar-refractivity contribution is 7.84. The Kier molecular flexibility index (Phi) is 8.76. The molecular formula is C21H33N3O3S. The third-order valence-corrected chi connectivity index (χ3v) is 6.59. The lowest BCUT2D eigenvalue weighted by Gasteiger charge is -2.34. The Balaban J connectivity index is 1.32. The van der Waals surface area contributed by atoms with E-state index >= 15 is 0 Å². The summed E-state index contributed by atoms with van der Waals surface area (Å²) in [5.74, 6) is 2.12. The third-order valence-electron chi connectivity index (χ3n) is 5.28. The number of nitrogens with zero attached hydrogens (tertiary/aromatic N) is 2. The molecule has 2 saturated heterocycles. The number of likely N-dealkylation sites (tertiary alicyclic amines) is 1. The lowest BCUT2D eigenvalue weighted by Crippen LogP contribution is -2.48. The Morgan fingerprint density at radius 1 is 1.29 bits per heavy atom. The Hall–Kier alpha value is -1.44. The van der Waals surface area contributed by atoms with E-state index in [1.54, 1.807) is 0 Å². The summed E-state index contributed by atoms with van der Waals surface area (Å²) in [7, 11) is 0.937. The molecule has 3 rings (SSSR count). The number of hydrogen-bond acceptors (Lipinski definition) is 4. The standard InChI is InChI=1S/C21H33N3O3S/c1-22-21(23-11-15-28(25)17-18-6-3-2-4-7-18)24-12-9-19(10-13-24)27-16-20-8-5-14-26-20/h2-4,6-7,19-20H,5,8-17H2,1H3,(H,22,23). The molecule has 2 atom stereocenters. The third kappa shape index (κ3) is 6.87. The summed E-state index contributed by atoms with van der Waals surface area (Å²) in [6.07, 6.45) is 4.91. The van der Waals surface area contributed by atoms with Crippen molar-refractivity contribution in [1.29, 1.82) is 0 Å². The first-order valence-corrected chi connectivity index (χ1v) is 11.8. The molecule has 6 nitrogen and oxygen atoms in total. The summed E-state index contributed by atoms with van der Waals surface area (Å²) < 4.78 is 24.0. The molecular weight excluding hydrogens is 374 g/mol. The number of benzene rings is 1. The average Bonchev–Trinajstić information content (AvgIpc) is 3.25. The Bertz CT molecular complexity index is 627. The van der Waals surface area contributed by atoms with E-state index in [2.05, 4.69) is 15.2 Å². The fourth-order valence-corrected chi connectivity index (χ4v) is 4.73. The van der Waals surface area contributed by atoms with Gasteiger partial charge in [-0.1, -0.05) is 30.3 Å². The number of piperidine rings is 1. The molecule has 0 bridgehead atoms. The van der Waals surface area contributed by atoms with Crippen molar-refractivity contribution in [2.75, 3.05) is 45.6 Å². The molecule has 1 aromatic rings. The quantitative estimate of drug-likeness (QED) is 0.529. The van der Waals surface area contributed by atoms with Crippen LogP contribution in [0.2, 0.25) is 0 Å². The van der Waals surface area contributed by atoms with Gasteiger partial charge in [-0.15, -0.1) is 0 Å². The summed E-state index contributed by atoms with van der Waals surface area (Å²) in [6.45, 7) is 4.14. The van der Waals surface area contributed by atoms with E-state index in [0.29, 0.717) is 30.3 Å². The van der Waals surface area contributed by atoms with Gasteiger partial charge in [0.25, 0.3) is 0 Å². The summed E-state index contributed by atoms with van der Waals surface area (Å²) >= 11 is 0. The van der Waals surface area contributed by atoms with Crippen LogP contribution in [0.25, 0.3) is 0 Å². The van der Waals surface area contributed by atoms with Crippen molar-refractivity contribution in [3.05, 3.63) is 35.9 Å². The zero-order valence-electron chi connectivity index (χ0n) is 16.8. The predicted molar refractivity (Wildman–Crippen MR) is 114 cm³/mol. The minimum atomic E-state index is -0.872. The van der Waals surface area contributed by atoms with Crippen molar-refractivity contribution < 1.29 is 13.7 Å². The molecule has 0 aromatic heterocycles. The van der Waals surface area contributed by atoms with Gasteiger partial charge in [-0.3, -0.25) is 9.20 Å². The first-order chi connectivity index (χ1) is 13.7. The fraction of sp³-hybridized carbons (Fsp3) is 0.667. The van der Waals surface area contributed by atoms with Crippen molar-refractivity contribution in [2.45, 2.75) is 43.6 Å². The van der Waals surface area contributed by atoms with Gasteiger partial charge in [0, 0.05) is 55.6 Å². The summed E-state index contributed by atoms with van der Waals surface area (Å²) in [5, 5.41) is 3.37. The van der Waals surface area contributed by atoms with Crippen LogP contribution in [0.4, 0.5) is 0 Å². The normalized spacial score (nSPS) is 22.4. The molecule has 0 spiro atoms. The molecule has 156 valence electrons. The summed E-state index contributed by atoms with van der Waals surface area (Å²) in [6, 6.07) is 10.0. The molecule has 2 unspecified atom stereocenters. The van der Waals surface area contributed by atoms with E-state index in [-0.39, 0.29) is 0 Å². The van der Waals surface area contributed by atoms with Gasteiger partial charge in [0.2, 0.25) is 0 Å². The minimum Gasteiger partial charge on any atom is -0.376 e. The fourth-order valence-electron chi connectivity index (χ4n) is 3.69. The van der Waals surface area contributed by atoms with Gasteiger partial charge < -0.3 is 19.7 Å². The molecule has 0 radical (unpaired) electrons. The zero-order valence-corrected chi connectivity index (χ0v) is 17.7. The second-order valence-electron chi connectivity index (χ2n) is 7.40. The topological polar surface area (TPSA) is 63.2 Å². The second kappa shape index (κ2) is 11.5. The molecule has 2 fully saturated rings. The molecule has 28 heavy (non-hydrogen) atoms. The maximum atomic E-state index is 12.3. The Morgan fingerprint density at radius 3 is 2.75 bits per heavy atom. The van der Waals surface area contributed by atoms with Crippen LogP contribution in [-0.4, -0.2) is 72.9 Å². The molecule has 1 aromatic carbocycles. The van der Waals surface area contributed by atoms with Crippen LogP contribution in [0.1, 0.15) is 31.2 Å². The molecule has 2 heterocycles. The van der Waals surface area contributed by atoms with Gasteiger partial charge in [0.15, 0.2) is 5.96 Å². The molecule has 7 heteroatoms. The monoisotopic (exact) mass is 407 g/mol. The van der Waals surface area contributed by atoms with Gasteiger partial charge in [-0.2, -0.15) is 0 Å². The van der Waals surface area contributed by atoms with E-state index in [4.69, 9.17) is 9.47 Å². The van der Waals surface area contributed by atoms with E-state index in [1.165, 1.54) is 0 Å². The number of nitrogens with one attached hydrogen (secondary N) is 1. The van der Waals surface area contributed by atoms with Crippen LogP contribution in [0.3, 0.4) is 0 Å². The molecule has 0 amide bonds. The van der Waals surface area contributed by atoms with E-state index in [0.717, 1.165) is 63.5 Å². The van der Waals surface area contributed by atoms with Crippen molar-refractivity contribution in [3.63, 3.8) is 0 Å². The largest absolute Gasteiger partial charge is 0.376 e. The summed E-state index contributed by atoms with van der Waals surface area (Å²) in [5.41, 5.74) is 1.12. The van der Waals surface area contributed by atoms with Crippen LogP contribution in [0.5, 0.6) is 0 Å². The van der Waals surface area contributed by atoms with Crippen LogP contribution >= 0.6 is 0 Å². The van der Waals surface area contributed by atoms with Crippen molar-refractivity contribution in [3.8, 4) is 0 Å². The average molecular weight is 408 g/mol. The van der Waals surface area contributed by atoms with Gasteiger partial charge in [-0.05, 0) is 31.2 Å². The van der Waals surface area contributed by atoms with Gasteiger partial charge in [-0.25, -0.2) is 0 Å². The summed E-state index contributed by atoms with van der Waals surface area (Å²) in [4.78, 5) is 6.67. The molecule has 2 aliphatic heterocycles. The maximum absolute atomic E-state index is 12.3. The second-order valence-corrected chi connectivity index (χ2v) is 8.98. The molecule has 1 N–H and O–H groups in total. The van der Waals surface area contributed by atoms with E-state index in [9.17, 15) is 4.21 Å². The number of rotatable bonds is 8. The highest BCUT2D eigenvalue weighted by Gasteiger charge is 2.24. The van der Waals surface area contributed by atoms with E-state index in [1.807, 2.05) is 37.4 Å².